The van der Waals surface area contributed by atoms with Gasteiger partial charge in [0.25, 0.3) is 0 Å². The van der Waals surface area contributed by atoms with Gasteiger partial charge in [-0.15, -0.1) is 0 Å². The van der Waals surface area contributed by atoms with Gasteiger partial charge in [0.15, 0.2) is 0 Å². The molecule has 3 rings (SSSR count). The average molecular weight is 314 g/mol. The molecule has 1 saturated carbocycles. The molecule has 2 aliphatic rings. The summed E-state index contributed by atoms with van der Waals surface area (Å²) in [6, 6.07) is 5.76. The molecule has 1 aromatic rings. The second-order valence-electron chi connectivity index (χ2n) is 6.34. The quantitative estimate of drug-likeness (QED) is 0.818. The zero-order chi connectivity index (χ0) is 14.2. The lowest BCUT2D eigenvalue weighted by molar-refractivity contribution is -0.0527. The molecule has 1 aromatic carbocycles. The lowest BCUT2D eigenvalue weighted by Crippen LogP contribution is -2.56. The van der Waals surface area contributed by atoms with Crippen molar-refractivity contribution in [2.75, 3.05) is 13.2 Å². The monoisotopic (exact) mass is 313 g/mol. The molecule has 2 fully saturated rings. The van der Waals surface area contributed by atoms with E-state index < -0.39 is 0 Å². The smallest absolute Gasteiger partial charge is 0.0950 e. The van der Waals surface area contributed by atoms with Crippen molar-refractivity contribution >= 4 is 23.2 Å². The van der Waals surface area contributed by atoms with E-state index in [1.54, 1.807) is 0 Å². The Hall–Kier alpha value is -0.280. The van der Waals surface area contributed by atoms with Gasteiger partial charge in [0, 0.05) is 12.1 Å². The third kappa shape index (κ3) is 2.99. The third-order valence-electron chi connectivity index (χ3n) is 4.63. The van der Waals surface area contributed by atoms with Crippen LogP contribution in [0.25, 0.3) is 0 Å². The summed E-state index contributed by atoms with van der Waals surface area (Å²) in [6.07, 6.45) is 5.17. The van der Waals surface area contributed by atoms with E-state index in [9.17, 15) is 0 Å². The Bertz CT molecular complexity index is 483. The van der Waals surface area contributed by atoms with Gasteiger partial charge in [-0.2, -0.15) is 0 Å². The summed E-state index contributed by atoms with van der Waals surface area (Å²) in [4.78, 5) is 0. The topological polar surface area (TPSA) is 21.3 Å². The highest BCUT2D eigenvalue weighted by Crippen LogP contribution is 2.37. The minimum Gasteiger partial charge on any atom is -0.370 e. The van der Waals surface area contributed by atoms with Crippen LogP contribution in [0.1, 0.15) is 44.3 Å². The normalized spacial score (nSPS) is 34.4. The molecule has 1 saturated heterocycles. The van der Waals surface area contributed by atoms with Crippen molar-refractivity contribution in [3.05, 3.63) is 33.8 Å². The number of morpholine rings is 1. The minimum atomic E-state index is 0.0765. The van der Waals surface area contributed by atoms with Crippen LogP contribution >= 0.6 is 23.2 Å². The van der Waals surface area contributed by atoms with Crippen molar-refractivity contribution < 1.29 is 4.74 Å². The number of nitrogens with one attached hydrogen (secondary N) is 1. The molecule has 4 heteroatoms. The van der Waals surface area contributed by atoms with Crippen LogP contribution in [-0.2, 0) is 4.74 Å². The van der Waals surface area contributed by atoms with Crippen LogP contribution in [0.5, 0.6) is 0 Å². The Balaban J connectivity index is 1.67. The van der Waals surface area contributed by atoms with E-state index in [-0.39, 0.29) is 11.6 Å². The molecule has 110 valence electrons. The van der Waals surface area contributed by atoms with Crippen molar-refractivity contribution in [2.45, 2.75) is 44.2 Å². The molecule has 3 unspecified atom stereocenters. The lowest BCUT2D eigenvalue weighted by Gasteiger charge is -2.45. The van der Waals surface area contributed by atoms with Crippen molar-refractivity contribution in [2.24, 2.45) is 5.92 Å². The van der Waals surface area contributed by atoms with E-state index in [0.29, 0.717) is 10.0 Å². The van der Waals surface area contributed by atoms with Gasteiger partial charge < -0.3 is 10.1 Å². The standard InChI is InChI=1S/C16H21Cl2NO/c1-11-3-2-6-16(8-11)10-20-15(9-19-16)12-4-5-13(17)14(18)7-12/h4-5,7,11,15,19H,2-3,6,8-10H2,1H3. The van der Waals surface area contributed by atoms with Gasteiger partial charge in [-0.3, -0.25) is 0 Å². The van der Waals surface area contributed by atoms with Gasteiger partial charge in [0.1, 0.15) is 0 Å². The van der Waals surface area contributed by atoms with Gasteiger partial charge in [0.05, 0.1) is 22.8 Å². The minimum absolute atomic E-state index is 0.0765. The van der Waals surface area contributed by atoms with Crippen LogP contribution in [0.3, 0.4) is 0 Å². The second-order valence-corrected chi connectivity index (χ2v) is 7.15. The number of rotatable bonds is 1. The highest BCUT2D eigenvalue weighted by atomic mass is 35.5. The molecule has 1 aliphatic carbocycles. The fourth-order valence-electron chi connectivity index (χ4n) is 3.56. The molecule has 20 heavy (non-hydrogen) atoms. The highest BCUT2D eigenvalue weighted by molar-refractivity contribution is 6.42. The molecular formula is C16H21Cl2NO. The predicted molar refractivity (Wildman–Crippen MR) is 83.5 cm³/mol. The van der Waals surface area contributed by atoms with Gasteiger partial charge in [-0.1, -0.05) is 49.0 Å². The Labute approximate surface area is 130 Å². The summed E-state index contributed by atoms with van der Waals surface area (Å²) in [5.41, 5.74) is 1.30. The van der Waals surface area contributed by atoms with E-state index in [0.717, 1.165) is 24.6 Å². The maximum Gasteiger partial charge on any atom is 0.0950 e. The number of halogens is 2. The molecule has 1 heterocycles. The zero-order valence-electron chi connectivity index (χ0n) is 11.8. The van der Waals surface area contributed by atoms with Crippen LogP contribution in [-0.4, -0.2) is 18.7 Å². The van der Waals surface area contributed by atoms with E-state index in [2.05, 4.69) is 12.2 Å². The molecule has 1 N–H and O–H groups in total. The second kappa shape index (κ2) is 5.84. The molecule has 0 amide bonds. The van der Waals surface area contributed by atoms with E-state index >= 15 is 0 Å². The number of hydrogen-bond donors (Lipinski definition) is 1. The molecule has 1 aliphatic heterocycles. The first-order chi connectivity index (χ1) is 9.58. The fraction of sp³-hybridized carbons (Fsp3) is 0.625. The SMILES string of the molecule is CC1CCCC2(COC(c3ccc(Cl)c(Cl)c3)CN2)C1. The van der Waals surface area contributed by atoms with Gasteiger partial charge in [-0.05, 0) is 36.5 Å². The first kappa shape index (κ1) is 14.6. The van der Waals surface area contributed by atoms with Crippen molar-refractivity contribution in [1.82, 2.24) is 5.32 Å². The number of benzene rings is 1. The first-order valence-corrected chi connectivity index (χ1v) is 8.15. The third-order valence-corrected chi connectivity index (χ3v) is 5.37. The zero-order valence-corrected chi connectivity index (χ0v) is 13.3. The lowest BCUT2D eigenvalue weighted by atomic mass is 9.76. The van der Waals surface area contributed by atoms with Crippen molar-refractivity contribution in [3.63, 3.8) is 0 Å². The highest BCUT2D eigenvalue weighted by Gasteiger charge is 2.39. The molecule has 2 nitrogen and oxygen atoms in total. The van der Waals surface area contributed by atoms with E-state index in [1.165, 1.54) is 25.7 Å². The van der Waals surface area contributed by atoms with Crippen LogP contribution in [0.15, 0.2) is 18.2 Å². The Morgan fingerprint density at radius 3 is 2.80 bits per heavy atom. The Morgan fingerprint density at radius 2 is 2.15 bits per heavy atom. The van der Waals surface area contributed by atoms with E-state index in [4.69, 9.17) is 27.9 Å². The molecule has 0 bridgehead atoms. The van der Waals surface area contributed by atoms with Gasteiger partial charge in [-0.25, -0.2) is 0 Å². The van der Waals surface area contributed by atoms with Crippen LogP contribution in [0.4, 0.5) is 0 Å². The molecule has 1 spiro atoms. The molecule has 0 radical (unpaired) electrons. The Kier molecular flexibility index (Phi) is 4.28. The summed E-state index contributed by atoms with van der Waals surface area (Å²) in [5.74, 6) is 0.793. The summed E-state index contributed by atoms with van der Waals surface area (Å²) < 4.78 is 6.14. The predicted octanol–water partition coefficient (Wildman–Crippen LogP) is 4.60. The fourth-order valence-corrected chi connectivity index (χ4v) is 3.86. The summed E-state index contributed by atoms with van der Waals surface area (Å²) in [6.45, 7) is 3.99. The number of hydrogen-bond acceptors (Lipinski definition) is 2. The molecular weight excluding hydrogens is 293 g/mol. The number of ether oxygens (including phenoxy) is 1. The summed E-state index contributed by atoms with van der Waals surface area (Å²) >= 11 is 12.1. The Morgan fingerprint density at radius 1 is 1.30 bits per heavy atom. The summed E-state index contributed by atoms with van der Waals surface area (Å²) in [7, 11) is 0. The first-order valence-electron chi connectivity index (χ1n) is 7.40. The van der Waals surface area contributed by atoms with Crippen molar-refractivity contribution in [1.29, 1.82) is 0 Å². The molecule has 3 atom stereocenters. The maximum atomic E-state index is 6.14. The average Bonchev–Trinajstić information content (AvgIpc) is 2.43. The summed E-state index contributed by atoms with van der Waals surface area (Å²) in [5, 5.41) is 4.94. The largest absolute Gasteiger partial charge is 0.370 e. The van der Waals surface area contributed by atoms with Gasteiger partial charge >= 0.3 is 0 Å². The molecule has 0 aromatic heterocycles. The van der Waals surface area contributed by atoms with Crippen LogP contribution in [0.2, 0.25) is 10.0 Å². The van der Waals surface area contributed by atoms with Crippen LogP contribution < -0.4 is 5.32 Å². The maximum absolute atomic E-state index is 6.14. The van der Waals surface area contributed by atoms with Crippen molar-refractivity contribution in [3.8, 4) is 0 Å². The van der Waals surface area contributed by atoms with E-state index in [1.807, 2.05) is 18.2 Å². The van der Waals surface area contributed by atoms with Crippen LogP contribution in [0, 0.1) is 5.92 Å². The van der Waals surface area contributed by atoms with Gasteiger partial charge in [0.2, 0.25) is 0 Å².